The quantitative estimate of drug-likeness (QED) is 0.194. The van der Waals surface area contributed by atoms with Gasteiger partial charge in [0.2, 0.25) is 0 Å². The average Bonchev–Trinajstić information content (AvgIpc) is 3.03. The first kappa shape index (κ1) is 47.7. The molecule has 54 heavy (non-hydrogen) atoms. The van der Waals surface area contributed by atoms with Crippen LogP contribution in [0.3, 0.4) is 0 Å². The van der Waals surface area contributed by atoms with Crippen molar-refractivity contribution >= 4 is 70.2 Å². The smallest absolute Gasteiger partial charge is 0.850 e. The summed E-state index contributed by atoms with van der Waals surface area (Å²) in [5, 5.41) is 19.3. The third-order valence-electron chi connectivity index (χ3n) is 8.06. The molecule has 2 aliphatic rings. The van der Waals surface area contributed by atoms with E-state index < -0.39 is 17.5 Å². The van der Waals surface area contributed by atoms with Gasteiger partial charge in [0, 0.05) is 49.1 Å². The Balaban J connectivity index is 0.000000322. The fourth-order valence-electron chi connectivity index (χ4n) is 5.42. The number of likely N-dealkylation sites (tertiary alicyclic amines) is 2. The van der Waals surface area contributed by atoms with Gasteiger partial charge in [-0.1, -0.05) is 135 Å². The number of carboxylic acid groups (broad SMARTS) is 1. The molecule has 4 aromatic rings. The fourth-order valence-corrected chi connectivity index (χ4v) is 6.71. The van der Waals surface area contributed by atoms with Crippen molar-refractivity contribution in [1.29, 1.82) is 0 Å². The number of rotatable bonds is 6. The van der Waals surface area contributed by atoms with Gasteiger partial charge >= 0.3 is 63.3 Å². The standard InChI is InChI=1S/C18H15Cl2NO3.C17H13Cl2NO3.C4H9O.CH4.K/c1-24-18(23)16-14(19)7-12(8-15(16)20)17(22)21-9-13(10-21)11-5-3-2-4-6-11;18-13-6-11(7-14(19)15(13)17(22)23)16(21)20-8-12(9-20)10-4-2-1-3-5-10;1-4(2,3)5;;/h2-8,13H,9-10H2,1H3;1-7,12H,8-9H2,(H,22,23);1-3H3;1H4;/q;;-1;;+1. The van der Waals surface area contributed by atoms with Crippen LogP contribution in [0.2, 0.25) is 20.1 Å². The summed E-state index contributed by atoms with van der Waals surface area (Å²) >= 11 is 24.0. The van der Waals surface area contributed by atoms with Crippen molar-refractivity contribution in [1.82, 2.24) is 9.80 Å². The van der Waals surface area contributed by atoms with E-state index in [4.69, 9.17) is 51.5 Å². The second-order valence-corrected chi connectivity index (χ2v) is 14.8. The van der Waals surface area contributed by atoms with Gasteiger partial charge in [-0.05, 0) is 35.4 Å². The number of ether oxygens (including phenoxy) is 1. The Labute approximate surface area is 378 Å². The van der Waals surface area contributed by atoms with Crippen LogP contribution in [-0.4, -0.2) is 77.5 Å². The molecule has 2 aliphatic heterocycles. The summed E-state index contributed by atoms with van der Waals surface area (Å²) in [5.74, 6) is -1.52. The normalized spacial score (nSPS) is 13.6. The van der Waals surface area contributed by atoms with E-state index in [1.54, 1.807) is 30.6 Å². The van der Waals surface area contributed by atoms with E-state index in [0.29, 0.717) is 49.1 Å². The average molecular weight is 843 g/mol. The predicted octanol–water partition coefficient (Wildman–Crippen LogP) is 5.74. The summed E-state index contributed by atoms with van der Waals surface area (Å²) in [7, 11) is 1.25. The minimum absolute atomic E-state index is 0. The molecule has 2 saturated heterocycles. The van der Waals surface area contributed by atoms with Gasteiger partial charge in [0.25, 0.3) is 11.8 Å². The molecule has 0 aromatic heterocycles. The monoisotopic (exact) mass is 840 g/mol. The molecule has 2 heterocycles. The molecular formula is C40H41Cl4KN2O7. The maximum atomic E-state index is 12.6. The molecule has 14 heteroatoms. The second kappa shape index (κ2) is 21.2. The van der Waals surface area contributed by atoms with Crippen molar-refractivity contribution in [2.45, 2.75) is 45.6 Å². The van der Waals surface area contributed by atoms with E-state index in [1.165, 1.54) is 42.5 Å². The molecule has 2 fully saturated rings. The molecule has 0 radical (unpaired) electrons. The number of carbonyl (C=O) groups excluding carboxylic acids is 3. The molecule has 2 amide bonds. The summed E-state index contributed by atoms with van der Waals surface area (Å²) < 4.78 is 4.64. The van der Waals surface area contributed by atoms with Gasteiger partial charge in [-0.3, -0.25) is 9.59 Å². The molecule has 0 saturated carbocycles. The zero-order chi connectivity index (χ0) is 38.3. The molecule has 4 aromatic carbocycles. The maximum absolute atomic E-state index is 12.6. The van der Waals surface area contributed by atoms with Crippen LogP contribution in [0, 0.1) is 0 Å². The van der Waals surface area contributed by atoms with Crippen LogP contribution in [0.4, 0.5) is 0 Å². The Morgan fingerprint density at radius 3 is 1.24 bits per heavy atom. The molecule has 1 N–H and O–H groups in total. The Morgan fingerprint density at radius 2 is 0.963 bits per heavy atom. The minimum Gasteiger partial charge on any atom is -0.850 e. The Morgan fingerprint density at radius 1 is 0.667 bits per heavy atom. The number of amides is 2. The first-order valence-electron chi connectivity index (χ1n) is 16.2. The topological polar surface area (TPSA) is 127 Å². The van der Waals surface area contributed by atoms with Crippen LogP contribution < -0.4 is 56.5 Å². The van der Waals surface area contributed by atoms with E-state index in [2.05, 4.69) is 16.9 Å². The van der Waals surface area contributed by atoms with Gasteiger partial charge in [-0.2, -0.15) is 0 Å². The molecule has 9 nitrogen and oxygen atoms in total. The molecule has 0 atom stereocenters. The van der Waals surface area contributed by atoms with Crippen LogP contribution >= 0.6 is 46.4 Å². The second-order valence-electron chi connectivity index (χ2n) is 13.2. The molecule has 0 spiro atoms. The van der Waals surface area contributed by atoms with Crippen molar-refractivity contribution in [3.05, 3.63) is 138 Å². The zero-order valence-electron chi connectivity index (χ0n) is 29.9. The van der Waals surface area contributed by atoms with Crippen LogP contribution in [0.15, 0.2) is 84.9 Å². The molecular weight excluding hydrogens is 801 g/mol. The van der Waals surface area contributed by atoms with Crippen molar-refractivity contribution in [2.24, 2.45) is 0 Å². The summed E-state index contributed by atoms with van der Waals surface area (Å²) in [6.45, 7) is 7.44. The van der Waals surface area contributed by atoms with Gasteiger partial charge in [0.05, 0.1) is 38.3 Å². The van der Waals surface area contributed by atoms with Crippen LogP contribution in [0.1, 0.15) is 92.6 Å². The van der Waals surface area contributed by atoms with Gasteiger partial charge in [-0.25, -0.2) is 9.59 Å². The Hall–Kier alpha value is -2.48. The van der Waals surface area contributed by atoms with E-state index in [0.717, 1.165) is 0 Å². The summed E-state index contributed by atoms with van der Waals surface area (Å²) in [5.41, 5.74) is 2.23. The van der Waals surface area contributed by atoms with Crippen molar-refractivity contribution in [3.8, 4) is 0 Å². The van der Waals surface area contributed by atoms with E-state index in [-0.39, 0.29) is 102 Å². The van der Waals surface area contributed by atoms with Gasteiger partial charge in [0.1, 0.15) is 0 Å². The number of esters is 1. The van der Waals surface area contributed by atoms with Gasteiger partial charge in [-0.15, -0.1) is 5.60 Å². The molecule has 282 valence electrons. The number of carboxylic acids is 1. The first-order valence-corrected chi connectivity index (χ1v) is 17.7. The number of halogens is 4. The Bertz CT molecular complexity index is 1880. The fraction of sp³-hybridized carbons (Fsp3) is 0.300. The summed E-state index contributed by atoms with van der Waals surface area (Å²) in [6.07, 6.45) is 0. The Kier molecular flexibility index (Phi) is 18.7. The van der Waals surface area contributed by atoms with Crippen LogP contribution in [0.5, 0.6) is 0 Å². The van der Waals surface area contributed by atoms with Crippen LogP contribution in [0.25, 0.3) is 0 Å². The number of nitrogens with zero attached hydrogens (tertiary/aromatic N) is 2. The third kappa shape index (κ3) is 12.8. The van der Waals surface area contributed by atoms with Gasteiger partial charge < -0.3 is 24.7 Å². The van der Waals surface area contributed by atoms with E-state index in [9.17, 15) is 24.3 Å². The first-order chi connectivity index (χ1) is 24.5. The zero-order valence-corrected chi connectivity index (χ0v) is 36.0. The largest absolute Gasteiger partial charge is 1.00 e. The summed E-state index contributed by atoms with van der Waals surface area (Å²) in [6, 6.07) is 25.7. The van der Waals surface area contributed by atoms with E-state index >= 15 is 0 Å². The number of hydrogen-bond acceptors (Lipinski definition) is 6. The molecule has 0 bridgehead atoms. The number of carbonyl (C=O) groups is 4. The van der Waals surface area contributed by atoms with Crippen molar-refractivity contribution in [3.63, 3.8) is 0 Å². The molecule has 0 aliphatic carbocycles. The predicted molar refractivity (Wildman–Crippen MR) is 208 cm³/mol. The molecule has 0 unspecified atom stereocenters. The SMILES string of the molecule is C.CC(C)(C)[O-].COC(=O)c1c(Cl)cc(C(=O)N2CC(c3ccccc3)C2)cc1Cl.O=C(O)c1c(Cl)cc(C(=O)N2CC(c3ccccc3)C2)cc1Cl.[K+]. The maximum Gasteiger partial charge on any atom is 1.00 e. The van der Waals surface area contributed by atoms with Crippen molar-refractivity contribution < 1.29 is 85.5 Å². The molecule has 6 rings (SSSR count). The van der Waals surface area contributed by atoms with Crippen LogP contribution in [-0.2, 0) is 4.74 Å². The van der Waals surface area contributed by atoms with Crippen molar-refractivity contribution in [2.75, 3.05) is 33.3 Å². The number of aromatic carboxylic acids is 1. The number of benzene rings is 4. The summed E-state index contributed by atoms with van der Waals surface area (Å²) in [4.78, 5) is 51.1. The number of methoxy groups -OCH3 is 1. The van der Waals surface area contributed by atoms with E-state index in [1.807, 2.05) is 48.5 Å². The van der Waals surface area contributed by atoms with Gasteiger partial charge in [0.15, 0.2) is 0 Å². The number of hydrogen-bond donors (Lipinski definition) is 1. The third-order valence-corrected chi connectivity index (χ3v) is 9.25. The minimum atomic E-state index is -1.22.